The molecule has 1 heterocycles. The van der Waals surface area contributed by atoms with Crippen LogP contribution >= 0.6 is 11.8 Å². The molecule has 5 rings (SSSR count). The Bertz CT molecular complexity index is 1730. The van der Waals surface area contributed by atoms with Gasteiger partial charge in [-0.15, -0.1) is 11.8 Å². The van der Waals surface area contributed by atoms with Crippen LogP contribution in [0, 0.1) is 0 Å². The zero-order valence-electron chi connectivity index (χ0n) is 27.8. The van der Waals surface area contributed by atoms with Crippen molar-refractivity contribution in [3.63, 3.8) is 0 Å². The van der Waals surface area contributed by atoms with Crippen LogP contribution in [-0.4, -0.2) is 45.0 Å². The van der Waals surface area contributed by atoms with Gasteiger partial charge in [-0.1, -0.05) is 97.8 Å². The Morgan fingerprint density at radius 3 is 2.16 bits per heavy atom. The second-order valence-electron chi connectivity index (χ2n) is 12.3. The number of ether oxygens (including phenoxy) is 2. The van der Waals surface area contributed by atoms with E-state index in [0.717, 1.165) is 52.6 Å². The average Bonchev–Trinajstić information content (AvgIpc) is 3.14. The van der Waals surface area contributed by atoms with E-state index in [2.05, 4.69) is 5.32 Å². The lowest BCUT2D eigenvalue weighted by molar-refractivity contribution is -0.245. The molecule has 1 fully saturated rings. The predicted octanol–water partition coefficient (Wildman–Crippen LogP) is 7.92. The van der Waals surface area contributed by atoms with Gasteiger partial charge in [-0.3, -0.25) is 9.59 Å². The zero-order chi connectivity index (χ0) is 35.3. The number of aliphatic carboxylic acids is 1. The van der Waals surface area contributed by atoms with Crippen LogP contribution in [0.15, 0.2) is 102 Å². The van der Waals surface area contributed by atoms with Crippen LogP contribution in [-0.2, 0) is 32.2 Å². The topological polar surface area (TPSA) is 142 Å². The molecule has 1 amide bonds. The summed E-state index contributed by atoms with van der Waals surface area (Å²) in [5, 5.41) is 31.0. The molecule has 3 atom stereocenters. The van der Waals surface area contributed by atoms with E-state index in [0.29, 0.717) is 36.5 Å². The maximum atomic E-state index is 12.5. The molecule has 4 N–H and O–H groups in total. The van der Waals surface area contributed by atoms with E-state index in [1.54, 1.807) is 12.1 Å². The van der Waals surface area contributed by atoms with Crippen LogP contribution in [0.4, 0.5) is 0 Å². The molecule has 0 aromatic heterocycles. The van der Waals surface area contributed by atoms with E-state index < -0.39 is 18.2 Å². The van der Waals surface area contributed by atoms with Gasteiger partial charge in [-0.2, -0.15) is 0 Å². The number of carbonyl (C=O) groups excluding carboxylic acids is 1. The summed E-state index contributed by atoms with van der Waals surface area (Å²) in [5.41, 5.74) is 5.88. The molecule has 4 aromatic carbocycles. The molecule has 0 saturated carbocycles. The Morgan fingerprint density at radius 2 is 1.44 bits per heavy atom. The van der Waals surface area contributed by atoms with Crippen molar-refractivity contribution in [3.05, 3.63) is 125 Å². The fourth-order valence-electron chi connectivity index (χ4n) is 5.95. The molecule has 1 saturated heterocycles. The Morgan fingerprint density at radius 1 is 0.760 bits per heavy atom. The van der Waals surface area contributed by atoms with Crippen molar-refractivity contribution in [3.8, 4) is 11.1 Å². The SMILES string of the molecule is O=C(O)CCCCCCC(=O)NCc1ccccc1-c1ccc(C2OC(CSc3ccccc3C(=O)O)CC(c3ccc(CO)cc3)O2)cc1. The Labute approximate surface area is 296 Å². The number of nitrogens with one attached hydrogen (secondary N) is 1. The lowest BCUT2D eigenvalue weighted by atomic mass is 9.97. The van der Waals surface area contributed by atoms with E-state index in [-0.39, 0.29) is 36.7 Å². The highest BCUT2D eigenvalue weighted by atomic mass is 32.2. The van der Waals surface area contributed by atoms with Crippen LogP contribution in [0.1, 0.15) is 90.0 Å². The van der Waals surface area contributed by atoms with Crippen molar-refractivity contribution >= 4 is 29.6 Å². The van der Waals surface area contributed by atoms with Gasteiger partial charge in [-0.25, -0.2) is 4.79 Å². The number of amides is 1. The predicted molar refractivity (Wildman–Crippen MR) is 192 cm³/mol. The summed E-state index contributed by atoms with van der Waals surface area (Å²) in [4.78, 5) is 35.6. The minimum Gasteiger partial charge on any atom is -0.481 e. The van der Waals surface area contributed by atoms with Gasteiger partial charge in [0.15, 0.2) is 6.29 Å². The highest BCUT2D eigenvalue weighted by molar-refractivity contribution is 7.99. The third kappa shape index (κ3) is 10.5. The van der Waals surface area contributed by atoms with Crippen molar-refractivity contribution < 1.29 is 39.2 Å². The van der Waals surface area contributed by atoms with Crippen molar-refractivity contribution in [2.45, 2.75) is 81.5 Å². The summed E-state index contributed by atoms with van der Waals surface area (Å²) < 4.78 is 13.0. The summed E-state index contributed by atoms with van der Waals surface area (Å²) in [7, 11) is 0. The number of aliphatic hydroxyl groups is 1. The Balaban J connectivity index is 1.25. The number of carboxylic acid groups (broad SMARTS) is 2. The van der Waals surface area contributed by atoms with E-state index >= 15 is 0 Å². The smallest absolute Gasteiger partial charge is 0.336 e. The Kier molecular flexibility index (Phi) is 13.6. The van der Waals surface area contributed by atoms with Crippen LogP contribution in [0.3, 0.4) is 0 Å². The largest absolute Gasteiger partial charge is 0.481 e. The standard InChI is InChI=1S/C40H43NO8S/c42-25-27-15-17-29(18-16-27)35-23-32(26-50-36-12-8-7-11-34(36)39(46)47)48-40(49-35)30-21-19-28(20-22-30)33-10-6-5-9-31(33)24-41-37(43)13-3-1-2-4-14-38(44)45/h5-12,15-22,32,35,40,42H,1-4,13-14,23-26H2,(H,41,43)(H,44,45)(H,46,47). The molecule has 0 spiro atoms. The number of hydrogen-bond donors (Lipinski definition) is 4. The highest BCUT2D eigenvalue weighted by Crippen LogP contribution is 2.40. The maximum Gasteiger partial charge on any atom is 0.336 e. The third-order valence-electron chi connectivity index (χ3n) is 8.69. The number of benzene rings is 4. The summed E-state index contributed by atoms with van der Waals surface area (Å²) in [6.07, 6.45) is 2.99. The molecule has 3 unspecified atom stereocenters. The highest BCUT2D eigenvalue weighted by Gasteiger charge is 2.32. The molecule has 10 heteroatoms. The summed E-state index contributed by atoms with van der Waals surface area (Å²) >= 11 is 1.45. The van der Waals surface area contributed by atoms with Gasteiger partial charge < -0.3 is 30.1 Å². The van der Waals surface area contributed by atoms with E-state index in [1.807, 2.05) is 84.9 Å². The van der Waals surface area contributed by atoms with Crippen LogP contribution in [0.5, 0.6) is 0 Å². The molecule has 9 nitrogen and oxygen atoms in total. The summed E-state index contributed by atoms with van der Waals surface area (Å²) in [5.74, 6) is -1.24. The number of rotatable bonds is 17. The van der Waals surface area contributed by atoms with Crippen molar-refractivity contribution in [1.29, 1.82) is 0 Å². The second kappa shape index (κ2) is 18.5. The lowest BCUT2D eigenvalue weighted by Crippen LogP contribution is -2.31. The minimum absolute atomic E-state index is 0.0281. The van der Waals surface area contributed by atoms with Gasteiger partial charge in [0.2, 0.25) is 5.91 Å². The Hall–Kier alpha value is -4.48. The molecule has 0 aliphatic carbocycles. The fourth-order valence-corrected chi connectivity index (χ4v) is 7.01. The molecule has 0 bridgehead atoms. The molecule has 50 heavy (non-hydrogen) atoms. The van der Waals surface area contributed by atoms with Crippen molar-refractivity contribution in [2.75, 3.05) is 5.75 Å². The maximum absolute atomic E-state index is 12.5. The number of carboxylic acids is 2. The minimum atomic E-state index is -0.966. The van der Waals surface area contributed by atoms with Crippen LogP contribution in [0.25, 0.3) is 11.1 Å². The van der Waals surface area contributed by atoms with Gasteiger partial charge in [0, 0.05) is 42.0 Å². The van der Waals surface area contributed by atoms with Crippen LogP contribution < -0.4 is 5.32 Å². The molecule has 1 aliphatic rings. The van der Waals surface area contributed by atoms with Gasteiger partial charge >= 0.3 is 11.9 Å². The fraction of sp³-hybridized carbons (Fsp3) is 0.325. The monoisotopic (exact) mass is 697 g/mol. The number of aliphatic hydroxyl groups excluding tert-OH is 1. The second-order valence-corrected chi connectivity index (χ2v) is 13.4. The molecular formula is C40H43NO8S. The lowest BCUT2D eigenvalue weighted by Gasteiger charge is -2.36. The van der Waals surface area contributed by atoms with Crippen LogP contribution in [0.2, 0.25) is 0 Å². The first-order valence-corrected chi connectivity index (χ1v) is 17.9. The van der Waals surface area contributed by atoms with Gasteiger partial charge in [0.1, 0.15) is 0 Å². The van der Waals surface area contributed by atoms with E-state index in [1.165, 1.54) is 11.8 Å². The average molecular weight is 698 g/mol. The number of aromatic carboxylic acids is 1. The first kappa shape index (κ1) is 36.8. The zero-order valence-corrected chi connectivity index (χ0v) is 28.6. The van der Waals surface area contributed by atoms with Gasteiger partial charge in [0.25, 0.3) is 0 Å². The van der Waals surface area contributed by atoms with E-state index in [9.17, 15) is 24.6 Å². The normalized spacial score (nSPS) is 17.3. The number of thioether (sulfide) groups is 1. The first-order chi connectivity index (χ1) is 24.3. The number of hydrogen-bond acceptors (Lipinski definition) is 7. The summed E-state index contributed by atoms with van der Waals surface area (Å²) in [6, 6.07) is 30.6. The molecule has 0 radical (unpaired) electrons. The van der Waals surface area contributed by atoms with Crippen molar-refractivity contribution in [2.24, 2.45) is 0 Å². The number of carbonyl (C=O) groups is 3. The van der Waals surface area contributed by atoms with Gasteiger partial charge in [0.05, 0.1) is 24.4 Å². The molecule has 1 aliphatic heterocycles. The summed E-state index contributed by atoms with van der Waals surface area (Å²) in [6.45, 7) is 0.352. The molecule has 262 valence electrons. The molecular weight excluding hydrogens is 655 g/mol. The van der Waals surface area contributed by atoms with Crippen molar-refractivity contribution in [1.82, 2.24) is 5.32 Å². The number of unbranched alkanes of at least 4 members (excludes halogenated alkanes) is 3. The third-order valence-corrected chi connectivity index (χ3v) is 9.89. The quantitative estimate of drug-likeness (QED) is 0.0639. The van der Waals surface area contributed by atoms with E-state index in [4.69, 9.17) is 14.6 Å². The van der Waals surface area contributed by atoms with Gasteiger partial charge in [-0.05, 0) is 52.8 Å². The first-order valence-electron chi connectivity index (χ1n) is 16.9. The molecule has 4 aromatic rings.